The molecule has 0 saturated carbocycles. The fourth-order valence-corrected chi connectivity index (χ4v) is 2.53. The molecule has 1 aromatic carbocycles. The molecule has 19 heavy (non-hydrogen) atoms. The standard InChI is InChI=1S/C16H25N3/c1-4-8-13(3)17-12-16-18-14-9-6-7-10-15(14)19(16)11-5-2/h6-7,9-10,13,17H,4-5,8,11-12H2,1-3H3. The summed E-state index contributed by atoms with van der Waals surface area (Å²) in [7, 11) is 0. The summed E-state index contributed by atoms with van der Waals surface area (Å²) in [4.78, 5) is 4.76. The third-order valence-corrected chi connectivity index (χ3v) is 3.51. The highest BCUT2D eigenvalue weighted by Gasteiger charge is 2.10. The van der Waals surface area contributed by atoms with Crippen LogP contribution in [0.15, 0.2) is 24.3 Å². The summed E-state index contributed by atoms with van der Waals surface area (Å²) >= 11 is 0. The average Bonchev–Trinajstić information content (AvgIpc) is 2.76. The van der Waals surface area contributed by atoms with Crippen LogP contribution >= 0.6 is 0 Å². The van der Waals surface area contributed by atoms with Gasteiger partial charge in [-0.2, -0.15) is 0 Å². The van der Waals surface area contributed by atoms with Crippen LogP contribution in [0.3, 0.4) is 0 Å². The SMILES string of the molecule is CCCC(C)NCc1nc2ccccc2n1CCC. The summed E-state index contributed by atoms with van der Waals surface area (Å²) in [5, 5.41) is 3.58. The van der Waals surface area contributed by atoms with Gasteiger partial charge in [0.15, 0.2) is 0 Å². The minimum Gasteiger partial charge on any atom is -0.327 e. The van der Waals surface area contributed by atoms with Crippen molar-refractivity contribution in [2.75, 3.05) is 0 Å². The van der Waals surface area contributed by atoms with Crippen LogP contribution in [0.4, 0.5) is 0 Å². The molecule has 1 heterocycles. The van der Waals surface area contributed by atoms with Gasteiger partial charge in [0.2, 0.25) is 0 Å². The van der Waals surface area contributed by atoms with Gasteiger partial charge in [0, 0.05) is 12.6 Å². The van der Waals surface area contributed by atoms with Gasteiger partial charge in [0.25, 0.3) is 0 Å². The lowest BCUT2D eigenvalue weighted by atomic mass is 10.2. The molecule has 1 N–H and O–H groups in total. The minimum atomic E-state index is 0.555. The summed E-state index contributed by atoms with van der Waals surface area (Å²) < 4.78 is 2.35. The Morgan fingerprint density at radius 1 is 1.21 bits per heavy atom. The van der Waals surface area contributed by atoms with Crippen molar-refractivity contribution < 1.29 is 0 Å². The first-order chi connectivity index (χ1) is 9.26. The predicted octanol–water partition coefficient (Wildman–Crippen LogP) is 3.72. The van der Waals surface area contributed by atoms with Crippen molar-refractivity contribution in [2.45, 2.75) is 59.2 Å². The van der Waals surface area contributed by atoms with E-state index < -0.39 is 0 Å². The van der Waals surface area contributed by atoms with Gasteiger partial charge < -0.3 is 9.88 Å². The molecule has 0 aliphatic heterocycles. The van der Waals surface area contributed by atoms with E-state index in [1.165, 1.54) is 18.4 Å². The third-order valence-electron chi connectivity index (χ3n) is 3.51. The summed E-state index contributed by atoms with van der Waals surface area (Å²) in [6.07, 6.45) is 3.57. The highest BCUT2D eigenvalue weighted by atomic mass is 15.1. The van der Waals surface area contributed by atoms with E-state index in [4.69, 9.17) is 4.98 Å². The second kappa shape index (κ2) is 6.71. The molecule has 0 aliphatic carbocycles. The Labute approximate surface area is 116 Å². The number of nitrogens with one attached hydrogen (secondary N) is 1. The lowest BCUT2D eigenvalue weighted by Crippen LogP contribution is -2.26. The lowest BCUT2D eigenvalue weighted by molar-refractivity contribution is 0.488. The van der Waals surface area contributed by atoms with Crippen LogP contribution in [-0.2, 0) is 13.1 Å². The maximum absolute atomic E-state index is 4.76. The topological polar surface area (TPSA) is 29.9 Å². The van der Waals surface area contributed by atoms with Gasteiger partial charge in [0.05, 0.1) is 17.6 Å². The molecule has 1 aromatic heterocycles. The van der Waals surface area contributed by atoms with Gasteiger partial charge in [-0.15, -0.1) is 0 Å². The molecule has 0 aliphatic rings. The second-order valence-electron chi connectivity index (χ2n) is 5.24. The van der Waals surface area contributed by atoms with Crippen LogP contribution in [0.25, 0.3) is 11.0 Å². The van der Waals surface area contributed by atoms with Gasteiger partial charge in [-0.1, -0.05) is 32.4 Å². The number of rotatable bonds is 7. The van der Waals surface area contributed by atoms with Crippen molar-refractivity contribution in [1.82, 2.24) is 14.9 Å². The van der Waals surface area contributed by atoms with Crippen LogP contribution in [-0.4, -0.2) is 15.6 Å². The van der Waals surface area contributed by atoms with E-state index in [0.29, 0.717) is 6.04 Å². The molecule has 3 heteroatoms. The summed E-state index contributed by atoms with van der Waals surface area (Å²) in [6.45, 7) is 8.59. The summed E-state index contributed by atoms with van der Waals surface area (Å²) in [6, 6.07) is 8.97. The molecular weight excluding hydrogens is 234 g/mol. The Hall–Kier alpha value is -1.35. The quantitative estimate of drug-likeness (QED) is 0.821. The van der Waals surface area contributed by atoms with E-state index in [1.54, 1.807) is 0 Å². The van der Waals surface area contributed by atoms with Gasteiger partial charge in [0.1, 0.15) is 5.82 Å². The fourth-order valence-electron chi connectivity index (χ4n) is 2.53. The van der Waals surface area contributed by atoms with Crippen LogP contribution in [0.2, 0.25) is 0 Å². The second-order valence-corrected chi connectivity index (χ2v) is 5.24. The average molecular weight is 259 g/mol. The summed E-state index contributed by atoms with van der Waals surface area (Å²) in [5.74, 6) is 1.16. The van der Waals surface area contributed by atoms with E-state index in [0.717, 1.165) is 30.9 Å². The predicted molar refractivity (Wildman–Crippen MR) is 81.2 cm³/mol. The van der Waals surface area contributed by atoms with Gasteiger partial charge in [-0.25, -0.2) is 4.98 Å². The first-order valence-electron chi connectivity index (χ1n) is 7.43. The number of aryl methyl sites for hydroxylation is 1. The van der Waals surface area contributed by atoms with Gasteiger partial charge in [-0.3, -0.25) is 0 Å². The number of imidazole rings is 1. The van der Waals surface area contributed by atoms with E-state index in [9.17, 15) is 0 Å². The largest absolute Gasteiger partial charge is 0.327 e. The van der Waals surface area contributed by atoms with Gasteiger partial charge >= 0.3 is 0 Å². The normalized spacial score (nSPS) is 13.0. The van der Waals surface area contributed by atoms with Crippen LogP contribution in [0, 0.1) is 0 Å². The Morgan fingerprint density at radius 2 is 2.00 bits per heavy atom. The van der Waals surface area contributed by atoms with Crippen molar-refractivity contribution in [3.8, 4) is 0 Å². The molecule has 1 atom stereocenters. The van der Waals surface area contributed by atoms with Crippen LogP contribution in [0.5, 0.6) is 0 Å². The molecule has 0 amide bonds. The number of hydrogen-bond donors (Lipinski definition) is 1. The number of para-hydroxylation sites is 2. The van der Waals surface area contributed by atoms with Crippen molar-refractivity contribution in [3.63, 3.8) is 0 Å². The van der Waals surface area contributed by atoms with Crippen molar-refractivity contribution in [3.05, 3.63) is 30.1 Å². The van der Waals surface area contributed by atoms with E-state index >= 15 is 0 Å². The maximum atomic E-state index is 4.76. The summed E-state index contributed by atoms with van der Waals surface area (Å²) in [5.41, 5.74) is 2.36. The van der Waals surface area contributed by atoms with Crippen LogP contribution < -0.4 is 5.32 Å². The fraction of sp³-hybridized carbons (Fsp3) is 0.562. The number of benzene rings is 1. The van der Waals surface area contributed by atoms with E-state index in [-0.39, 0.29) is 0 Å². The Kier molecular flexibility index (Phi) is 4.97. The number of fused-ring (bicyclic) bond motifs is 1. The zero-order valence-electron chi connectivity index (χ0n) is 12.3. The Bertz CT molecular complexity index is 516. The monoisotopic (exact) mass is 259 g/mol. The molecule has 104 valence electrons. The number of nitrogens with zero attached hydrogens (tertiary/aromatic N) is 2. The first kappa shape index (κ1) is 14.1. The number of aromatic nitrogens is 2. The van der Waals surface area contributed by atoms with E-state index in [1.807, 2.05) is 0 Å². The molecule has 2 rings (SSSR count). The molecular formula is C16H25N3. The smallest absolute Gasteiger partial charge is 0.123 e. The van der Waals surface area contributed by atoms with E-state index in [2.05, 4.69) is 54.9 Å². The lowest BCUT2D eigenvalue weighted by Gasteiger charge is -2.13. The first-order valence-corrected chi connectivity index (χ1v) is 7.43. The molecule has 0 saturated heterocycles. The molecule has 0 radical (unpaired) electrons. The molecule has 0 spiro atoms. The maximum Gasteiger partial charge on any atom is 0.123 e. The Morgan fingerprint density at radius 3 is 2.74 bits per heavy atom. The van der Waals surface area contributed by atoms with Crippen LogP contribution in [0.1, 0.15) is 45.9 Å². The van der Waals surface area contributed by atoms with Crippen molar-refractivity contribution >= 4 is 11.0 Å². The molecule has 3 nitrogen and oxygen atoms in total. The zero-order chi connectivity index (χ0) is 13.7. The Balaban J connectivity index is 2.19. The minimum absolute atomic E-state index is 0.555. The highest BCUT2D eigenvalue weighted by Crippen LogP contribution is 2.16. The molecule has 0 bridgehead atoms. The third kappa shape index (κ3) is 3.35. The zero-order valence-corrected chi connectivity index (χ0v) is 12.3. The molecule has 0 fully saturated rings. The number of hydrogen-bond acceptors (Lipinski definition) is 2. The van der Waals surface area contributed by atoms with Crippen molar-refractivity contribution in [1.29, 1.82) is 0 Å². The molecule has 1 unspecified atom stereocenters. The van der Waals surface area contributed by atoms with Gasteiger partial charge in [-0.05, 0) is 31.9 Å². The molecule has 2 aromatic rings. The highest BCUT2D eigenvalue weighted by molar-refractivity contribution is 5.75. The van der Waals surface area contributed by atoms with Crippen molar-refractivity contribution in [2.24, 2.45) is 0 Å².